The van der Waals surface area contributed by atoms with Crippen molar-refractivity contribution in [1.29, 1.82) is 0 Å². The number of rotatable bonds is 4. The summed E-state index contributed by atoms with van der Waals surface area (Å²) in [6.07, 6.45) is 3.20. The van der Waals surface area contributed by atoms with Gasteiger partial charge in [0, 0.05) is 32.2 Å². The summed E-state index contributed by atoms with van der Waals surface area (Å²) in [7, 11) is 0. The molecule has 4 nitrogen and oxygen atoms in total. The molecule has 0 amide bonds. The Morgan fingerprint density at radius 3 is 2.56 bits per heavy atom. The van der Waals surface area contributed by atoms with Gasteiger partial charge in [0.15, 0.2) is 0 Å². The summed E-state index contributed by atoms with van der Waals surface area (Å²) in [5, 5.41) is 4.65. The number of piperidine rings is 1. The third-order valence-corrected chi connectivity index (χ3v) is 4.62. The zero-order valence-corrected chi connectivity index (χ0v) is 12.9. The van der Waals surface area contributed by atoms with Crippen LogP contribution in [0.25, 0.3) is 0 Å². The predicted octanol–water partition coefficient (Wildman–Crippen LogP) is 2.15. The Labute approximate surface area is 118 Å². The Morgan fingerprint density at radius 1 is 1.33 bits per heavy atom. The number of aryl methyl sites for hydroxylation is 2. The molecule has 5 heteroatoms. The van der Waals surface area contributed by atoms with Gasteiger partial charge < -0.3 is 5.73 Å². The molecule has 1 saturated heterocycles. The van der Waals surface area contributed by atoms with Gasteiger partial charge in [-0.3, -0.25) is 9.58 Å². The molecule has 0 spiro atoms. The molecule has 102 valence electrons. The summed E-state index contributed by atoms with van der Waals surface area (Å²) in [5.41, 5.74) is 8.43. The highest BCUT2D eigenvalue weighted by molar-refractivity contribution is 9.10. The number of nitrogens with two attached hydrogens (primary N) is 1. The fourth-order valence-electron chi connectivity index (χ4n) is 2.49. The van der Waals surface area contributed by atoms with Crippen LogP contribution in [0.2, 0.25) is 0 Å². The van der Waals surface area contributed by atoms with E-state index in [1.165, 1.54) is 15.9 Å². The molecule has 0 saturated carbocycles. The Bertz CT molecular complexity index is 394. The first-order chi connectivity index (χ1) is 8.65. The first-order valence-electron chi connectivity index (χ1n) is 6.87. The molecule has 0 atom stereocenters. The van der Waals surface area contributed by atoms with E-state index >= 15 is 0 Å². The maximum atomic E-state index is 5.95. The normalized spacial score (nSPS) is 18.4. The molecule has 2 N–H and O–H groups in total. The number of hydrogen-bond donors (Lipinski definition) is 1. The van der Waals surface area contributed by atoms with Gasteiger partial charge in [0.25, 0.3) is 0 Å². The molecule has 18 heavy (non-hydrogen) atoms. The SMILES string of the molecule is CCc1nn(CC)c(CN2CCC(N)CC2)c1Br. The number of hydrogen-bond acceptors (Lipinski definition) is 3. The third-order valence-electron chi connectivity index (χ3n) is 3.70. The van der Waals surface area contributed by atoms with E-state index in [1.54, 1.807) is 0 Å². The van der Waals surface area contributed by atoms with Gasteiger partial charge in [-0.1, -0.05) is 6.92 Å². The van der Waals surface area contributed by atoms with Gasteiger partial charge in [-0.05, 0) is 42.1 Å². The first-order valence-corrected chi connectivity index (χ1v) is 7.67. The van der Waals surface area contributed by atoms with Gasteiger partial charge in [0.2, 0.25) is 0 Å². The van der Waals surface area contributed by atoms with Crippen LogP contribution in [0.3, 0.4) is 0 Å². The van der Waals surface area contributed by atoms with Crippen LogP contribution in [-0.2, 0) is 19.5 Å². The van der Waals surface area contributed by atoms with Gasteiger partial charge in [-0.15, -0.1) is 0 Å². The molecule has 1 aromatic rings. The molecular formula is C13H23BrN4. The second kappa shape index (κ2) is 6.17. The van der Waals surface area contributed by atoms with Crippen molar-refractivity contribution >= 4 is 15.9 Å². The minimum absolute atomic E-state index is 0.395. The molecular weight excluding hydrogens is 292 g/mol. The van der Waals surface area contributed by atoms with E-state index in [0.717, 1.165) is 45.4 Å². The quantitative estimate of drug-likeness (QED) is 0.926. The van der Waals surface area contributed by atoms with Crippen molar-refractivity contribution in [1.82, 2.24) is 14.7 Å². The summed E-state index contributed by atoms with van der Waals surface area (Å²) in [4.78, 5) is 2.48. The summed E-state index contributed by atoms with van der Waals surface area (Å²) >= 11 is 3.71. The van der Waals surface area contributed by atoms with Crippen molar-refractivity contribution in [2.45, 2.75) is 52.2 Å². The standard InChI is InChI=1S/C13H23BrN4/c1-3-11-13(14)12(18(4-2)16-11)9-17-7-5-10(15)6-8-17/h10H,3-9,15H2,1-2H3. The smallest absolute Gasteiger partial charge is 0.0767 e. The number of halogens is 1. The van der Waals surface area contributed by atoms with Crippen LogP contribution in [0.4, 0.5) is 0 Å². The topological polar surface area (TPSA) is 47.1 Å². The number of nitrogens with zero attached hydrogens (tertiary/aromatic N) is 3. The number of likely N-dealkylation sites (tertiary alicyclic amines) is 1. The highest BCUT2D eigenvalue weighted by Gasteiger charge is 2.20. The lowest BCUT2D eigenvalue weighted by Crippen LogP contribution is -2.39. The van der Waals surface area contributed by atoms with Crippen LogP contribution in [0.1, 0.15) is 38.1 Å². The fraction of sp³-hybridized carbons (Fsp3) is 0.769. The van der Waals surface area contributed by atoms with Gasteiger partial charge in [0.05, 0.1) is 15.9 Å². The lowest BCUT2D eigenvalue weighted by atomic mass is 10.1. The summed E-state index contributed by atoms with van der Waals surface area (Å²) in [6.45, 7) is 8.41. The van der Waals surface area contributed by atoms with E-state index in [9.17, 15) is 0 Å². The molecule has 0 unspecified atom stereocenters. The Hall–Kier alpha value is -0.390. The monoisotopic (exact) mass is 314 g/mol. The lowest BCUT2D eigenvalue weighted by Gasteiger charge is -2.30. The second-order valence-electron chi connectivity index (χ2n) is 4.99. The van der Waals surface area contributed by atoms with Gasteiger partial charge >= 0.3 is 0 Å². The van der Waals surface area contributed by atoms with Gasteiger partial charge in [-0.25, -0.2) is 0 Å². The molecule has 1 aromatic heterocycles. The van der Waals surface area contributed by atoms with Crippen molar-refractivity contribution in [2.24, 2.45) is 5.73 Å². The average molecular weight is 315 g/mol. The third kappa shape index (κ3) is 2.95. The maximum absolute atomic E-state index is 5.95. The van der Waals surface area contributed by atoms with E-state index in [4.69, 9.17) is 5.73 Å². The van der Waals surface area contributed by atoms with Crippen LogP contribution < -0.4 is 5.73 Å². The largest absolute Gasteiger partial charge is 0.328 e. The molecule has 1 aliphatic heterocycles. The minimum Gasteiger partial charge on any atom is -0.328 e. The van der Waals surface area contributed by atoms with Crippen LogP contribution in [0.15, 0.2) is 4.47 Å². The average Bonchev–Trinajstić information content (AvgIpc) is 2.69. The van der Waals surface area contributed by atoms with E-state index < -0.39 is 0 Å². The van der Waals surface area contributed by atoms with Crippen molar-refractivity contribution < 1.29 is 0 Å². The highest BCUT2D eigenvalue weighted by atomic mass is 79.9. The highest BCUT2D eigenvalue weighted by Crippen LogP contribution is 2.24. The fourth-order valence-corrected chi connectivity index (χ4v) is 3.18. The Morgan fingerprint density at radius 2 is 2.00 bits per heavy atom. The molecule has 1 aliphatic rings. The molecule has 0 bridgehead atoms. The van der Waals surface area contributed by atoms with Crippen LogP contribution in [0.5, 0.6) is 0 Å². The van der Waals surface area contributed by atoms with Crippen molar-refractivity contribution in [3.8, 4) is 0 Å². The maximum Gasteiger partial charge on any atom is 0.0767 e. The first kappa shape index (κ1) is 14.0. The molecule has 2 rings (SSSR count). The van der Waals surface area contributed by atoms with Gasteiger partial charge in [0.1, 0.15) is 0 Å². The Kier molecular flexibility index (Phi) is 4.81. The lowest BCUT2D eigenvalue weighted by molar-refractivity contribution is 0.200. The Balaban J connectivity index is 2.10. The van der Waals surface area contributed by atoms with Crippen molar-refractivity contribution in [3.63, 3.8) is 0 Å². The molecule has 0 aliphatic carbocycles. The van der Waals surface area contributed by atoms with Crippen molar-refractivity contribution in [2.75, 3.05) is 13.1 Å². The zero-order chi connectivity index (χ0) is 13.1. The molecule has 1 fully saturated rings. The summed E-state index contributed by atoms with van der Waals surface area (Å²) < 4.78 is 3.32. The summed E-state index contributed by atoms with van der Waals surface area (Å²) in [6, 6.07) is 0.395. The zero-order valence-electron chi connectivity index (χ0n) is 11.3. The van der Waals surface area contributed by atoms with Crippen LogP contribution >= 0.6 is 15.9 Å². The second-order valence-corrected chi connectivity index (χ2v) is 5.78. The number of aromatic nitrogens is 2. The van der Waals surface area contributed by atoms with Crippen molar-refractivity contribution in [3.05, 3.63) is 15.9 Å². The predicted molar refractivity (Wildman–Crippen MR) is 77.5 cm³/mol. The van der Waals surface area contributed by atoms with E-state index in [0.29, 0.717) is 6.04 Å². The summed E-state index contributed by atoms with van der Waals surface area (Å²) in [5.74, 6) is 0. The molecule has 0 radical (unpaired) electrons. The van der Waals surface area contributed by atoms with Gasteiger partial charge in [-0.2, -0.15) is 5.10 Å². The molecule has 0 aromatic carbocycles. The van der Waals surface area contributed by atoms with Crippen LogP contribution in [-0.4, -0.2) is 33.8 Å². The minimum atomic E-state index is 0.395. The van der Waals surface area contributed by atoms with E-state index in [2.05, 4.69) is 44.5 Å². The van der Waals surface area contributed by atoms with Crippen LogP contribution in [0, 0.1) is 0 Å². The molecule has 2 heterocycles. The van der Waals surface area contributed by atoms with E-state index in [1.807, 2.05) is 0 Å². The van der Waals surface area contributed by atoms with E-state index in [-0.39, 0.29) is 0 Å².